The van der Waals surface area contributed by atoms with Crippen molar-refractivity contribution in [3.05, 3.63) is 59.4 Å². The Morgan fingerprint density at radius 2 is 2.00 bits per heavy atom. The van der Waals surface area contributed by atoms with E-state index in [1.807, 2.05) is 30.5 Å². The maximum Gasteiger partial charge on any atom is 0.122 e. The second-order valence-electron chi connectivity index (χ2n) is 4.51. The van der Waals surface area contributed by atoms with E-state index < -0.39 is 0 Å². The summed E-state index contributed by atoms with van der Waals surface area (Å²) >= 11 is 0. The highest BCUT2D eigenvalue weighted by molar-refractivity contribution is 5.33. The normalized spacial score (nSPS) is 10.4. The topological polar surface area (TPSA) is 34.1 Å². The molecule has 1 aromatic carbocycles. The van der Waals surface area contributed by atoms with Crippen molar-refractivity contribution >= 4 is 0 Å². The molecule has 0 fully saturated rings. The Kier molecular flexibility index (Phi) is 4.93. The summed E-state index contributed by atoms with van der Waals surface area (Å²) in [5, 5.41) is 3.42. The molecule has 0 saturated heterocycles. The molecular formula is C16H20N2O. The molecule has 0 atom stereocenters. The minimum atomic E-state index is 0.807. The lowest BCUT2D eigenvalue weighted by molar-refractivity contribution is 0.409. The summed E-state index contributed by atoms with van der Waals surface area (Å²) in [6, 6.07) is 12.2. The summed E-state index contributed by atoms with van der Waals surface area (Å²) in [5.41, 5.74) is 3.57. The largest absolute Gasteiger partial charge is 0.496 e. The van der Waals surface area contributed by atoms with Gasteiger partial charge in [-0.25, -0.2) is 0 Å². The van der Waals surface area contributed by atoms with Gasteiger partial charge in [-0.1, -0.05) is 24.3 Å². The predicted octanol–water partition coefficient (Wildman–Crippen LogP) is 2.73. The van der Waals surface area contributed by atoms with Crippen LogP contribution in [-0.4, -0.2) is 18.6 Å². The van der Waals surface area contributed by atoms with Gasteiger partial charge in [0.25, 0.3) is 0 Å². The Morgan fingerprint density at radius 1 is 1.16 bits per heavy atom. The lowest BCUT2D eigenvalue weighted by Gasteiger charge is -2.09. The Labute approximate surface area is 114 Å². The number of nitrogens with one attached hydrogen (secondary N) is 1. The van der Waals surface area contributed by atoms with Gasteiger partial charge in [-0.05, 0) is 43.1 Å². The molecule has 0 saturated carbocycles. The smallest absolute Gasteiger partial charge is 0.122 e. The molecule has 0 aliphatic rings. The molecule has 0 bridgehead atoms. The van der Waals surface area contributed by atoms with Crippen LogP contribution in [0, 0.1) is 6.92 Å². The molecule has 0 radical (unpaired) electrons. The van der Waals surface area contributed by atoms with Crippen LogP contribution >= 0.6 is 0 Å². The molecule has 0 aliphatic carbocycles. The van der Waals surface area contributed by atoms with Crippen LogP contribution in [0.15, 0.2) is 42.6 Å². The lowest BCUT2D eigenvalue weighted by Crippen LogP contribution is -2.18. The number of hydrogen-bond donors (Lipinski definition) is 1. The molecule has 19 heavy (non-hydrogen) atoms. The zero-order valence-electron chi connectivity index (χ0n) is 11.5. The molecule has 1 aromatic heterocycles. The molecule has 2 aromatic rings. The van der Waals surface area contributed by atoms with E-state index in [4.69, 9.17) is 4.74 Å². The van der Waals surface area contributed by atoms with Crippen molar-refractivity contribution in [1.29, 1.82) is 0 Å². The van der Waals surface area contributed by atoms with Gasteiger partial charge in [-0.3, -0.25) is 4.98 Å². The monoisotopic (exact) mass is 256 g/mol. The molecule has 1 N–H and O–H groups in total. The molecule has 0 aliphatic heterocycles. The zero-order chi connectivity index (χ0) is 13.5. The molecular weight excluding hydrogens is 236 g/mol. The maximum absolute atomic E-state index is 5.34. The van der Waals surface area contributed by atoms with Gasteiger partial charge in [0.1, 0.15) is 5.75 Å². The number of para-hydroxylation sites is 1. The Balaban J connectivity index is 1.83. The van der Waals surface area contributed by atoms with Crippen LogP contribution in [0.2, 0.25) is 0 Å². The number of aromatic nitrogens is 1. The van der Waals surface area contributed by atoms with Crippen molar-refractivity contribution in [2.75, 3.05) is 13.7 Å². The molecule has 2 rings (SSSR count). The van der Waals surface area contributed by atoms with Gasteiger partial charge in [-0.15, -0.1) is 0 Å². The third-order valence-corrected chi connectivity index (χ3v) is 3.17. The molecule has 0 unspecified atom stereocenters. The van der Waals surface area contributed by atoms with Gasteiger partial charge in [-0.2, -0.15) is 0 Å². The van der Waals surface area contributed by atoms with E-state index in [1.165, 1.54) is 11.1 Å². The predicted molar refractivity (Wildman–Crippen MR) is 77.4 cm³/mol. The van der Waals surface area contributed by atoms with Gasteiger partial charge in [0.2, 0.25) is 0 Å². The number of ether oxygens (including phenoxy) is 1. The number of hydrogen-bond acceptors (Lipinski definition) is 3. The summed E-state index contributed by atoms with van der Waals surface area (Å²) in [6.07, 6.45) is 2.79. The summed E-state index contributed by atoms with van der Waals surface area (Å²) in [4.78, 5) is 4.37. The molecule has 3 nitrogen and oxygen atoms in total. The van der Waals surface area contributed by atoms with E-state index in [9.17, 15) is 0 Å². The van der Waals surface area contributed by atoms with Crippen LogP contribution in [-0.2, 0) is 13.0 Å². The van der Waals surface area contributed by atoms with Crippen molar-refractivity contribution in [1.82, 2.24) is 10.3 Å². The van der Waals surface area contributed by atoms with Crippen molar-refractivity contribution in [3.63, 3.8) is 0 Å². The highest BCUT2D eigenvalue weighted by Gasteiger charge is 2.02. The van der Waals surface area contributed by atoms with E-state index >= 15 is 0 Å². The van der Waals surface area contributed by atoms with Crippen LogP contribution in [0.1, 0.15) is 16.8 Å². The standard InChI is InChI=1S/C16H20N2O/c1-13-6-5-10-18-15(13)12-17-11-9-14-7-3-4-8-16(14)19-2/h3-8,10,17H,9,11-12H2,1-2H3. The fraction of sp³-hybridized carbons (Fsp3) is 0.312. The average Bonchev–Trinajstić information content (AvgIpc) is 2.45. The zero-order valence-corrected chi connectivity index (χ0v) is 11.5. The van der Waals surface area contributed by atoms with E-state index in [1.54, 1.807) is 7.11 Å². The second kappa shape index (κ2) is 6.90. The summed E-state index contributed by atoms with van der Waals surface area (Å²) in [6.45, 7) is 3.81. The quantitative estimate of drug-likeness (QED) is 0.807. The number of aryl methyl sites for hydroxylation is 1. The molecule has 3 heteroatoms. The first kappa shape index (κ1) is 13.6. The molecule has 0 amide bonds. The van der Waals surface area contributed by atoms with Crippen molar-refractivity contribution in [2.24, 2.45) is 0 Å². The van der Waals surface area contributed by atoms with E-state index in [0.717, 1.165) is 31.0 Å². The number of pyridine rings is 1. The number of nitrogens with zero attached hydrogens (tertiary/aromatic N) is 1. The van der Waals surface area contributed by atoms with Crippen LogP contribution in [0.3, 0.4) is 0 Å². The van der Waals surface area contributed by atoms with Crippen molar-refractivity contribution in [2.45, 2.75) is 19.9 Å². The first-order valence-corrected chi connectivity index (χ1v) is 6.54. The Morgan fingerprint density at radius 3 is 2.79 bits per heavy atom. The second-order valence-corrected chi connectivity index (χ2v) is 4.51. The van der Waals surface area contributed by atoms with Crippen LogP contribution < -0.4 is 10.1 Å². The van der Waals surface area contributed by atoms with E-state index in [-0.39, 0.29) is 0 Å². The van der Waals surface area contributed by atoms with Crippen molar-refractivity contribution in [3.8, 4) is 5.75 Å². The van der Waals surface area contributed by atoms with Crippen LogP contribution in [0.5, 0.6) is 5.75 Å². The Bertz CT molecular complexity index is 526. The Hall–Kier alpha value is -1.87. The maximum atomic E-state index is 5.34. The van der Waals surface area contributed by atoms with Crippen LogP contribution in [0.4, 0.5) is 0 Å². The fourth-order valence-electron chi connectivity index (χ4n) is 2.04. The minimum absolute atomic E-state index is 0.807. The van der Waals surface area contributed by atoms with Crippen molar-refractivity contribution < 1.29 is 4.74 Å². The van der Waals surface area contributed by atoms with Gasteiger partial charge < -0.3 is 10.1 Å². The number of rotatable bonds is 6. The first-order valence-electron chi connectivity index (χ1n) is 6.54. The number of methoxy groups -OCH3 is 1. The molecule has 0 spiro atoms. The first-order chi connectivity index (χ1) is 9.31. The third-order valence-electron chi connectivity index (χ3n) is 3.17. The SMILES string of the molecule is COc1ccccc1CCNCc1ncccc1C. The van der Waals surface area contributed by atoms with E-state index in [2.05, 4.69) is 29.4 Å². The summed E-state index contributed by atoms with van der Waals surface area (Å²) in [5.74, 6) is 0.957. The highest BCUT2D eigenvalue weighted by Crippen LogP contribution is 2.17. The van der Waals surface area contributed by atoms with Gasteiger partial charge in [0.05, 0.1) is 12.8 Å². The molecule has 100 valence electrons. The summed E-state index contributed by atoms with van der Waals surface area (Å²) < 4.78 is 5.34. The van der Waals surface area contributed by atoms with Gasteiger partial charge in [0.15, 0.2) is 0 Å². The number of benzene rings is 1. The van der Waals surface area contributed by atoms with Gasteiger partial charge >= 0.3 is 0 Å². The fourth-order valence-corrected chi connectivity index (χ4v) is 2.04. The highest BCUT2D eigenvalue weighted by atomic mass is 16.5. The van der Waals surface area contributed by atoms with E-state index in [0.29, 0.717) is 0 Å². The summed E-state index contributed by atoms with van der Waals surface area (Å²) in [7, 11) is 1.71. The minimum Gasteiger partial charge on any atom is -0.496 e. The third kappa shape index (κ3) is 3.80. The molecule has 1 heterocycles. The van der Waals surface area contributed by atoms with Gasteiger partial charge in [0, 0.05) is 12.7 Å². The average molecular weight is 256 g/mol. The lowest BCUT2D eigenvalue weighted by atomic mass is 10.1. The van der Waals surface area contributed by atoms with Crippen LogP contribution in [0.25, 0.3) is 0 Å².